The van der Waals surface area contributed by atoms with E-state index in [2.05, 4.69) is 37.9 Å². The van der Waals surface area contributed by atoms with Crippen molar-refractivity contribution < 1.29 is 9.21 Å². The first kappa shape index (κ1) is 15.8. The van der Waals surface area contributed by atoms with Crippen molar-refractivity contribution in [2.75, 3.05) is 6.54 Å². The third-order valence-corrected chi connectivity index (χ3v) is 3.90. The van der Waals surface area contributed by atoms with Crippen LogP contribution in [0.1, 0.15) is 18.0 Å². The van der Waals surface area contributed by atoms with Crippen LogP contribution in [0, 0.1) is 3.77 Å². The van der Waals surface area contributed by atoms with Gasteiger partial charge in [0.1, 0.15) is 11.6 Å². The number of fused-ring (bicyclic) bond motifs is 1. The molecule has 3 aromatic rings. The molecule has 2 heterocycles. The summed E-state index contributed by atoms with van der Waals surface area (Å²) in [5, 5.41) is 2.85. The molecule has 0 aliphatic rings. The second kappa shape index (κ2) is 7.45. The van der Waals surface area contributed by atoms with Gasteiger partial charge in [0.2, 0.25) is 5.91 Å². The Morgan fingerprint density at radius 1 is 1.30 bits per heavy atom. The van der Waals surface area contributed by atoms with Crippen LogP contribution in [0.15, 0.2) is 46.9 Å². The van der Waals surface area contributed by atoms with Gasteiger partial charge >= 0.3 is 0 Å². The number of aromatic amines is 1. The number of benzene rings is 1. The van der Waals surface area contributed by atoms with Crippen molar-refractivity contribution in [3.63, 3.8) is 0 Å². The average Bonchev–Trinajstić information content (AvgIpc) is 3.15. The summed E-state index contributed by atoms with van der Waals surface area (Å²) in [6, 6.07) is 11.6. The average molecular weight is 421 g/mol. The second-order valence-corrected chi connectivity index (χ2v) is 6.13. The zero-order valence-electron chi connectivity index (χ0n) is 12.4. The van der Waals surface area contributed by atoms with E-state index in [1.54, 1.807) is 6.08 Å². The Morgan fingerprint density at radius 3 is 2.96 bits per heavy atom. The van der Waals surface area contributed by atoms with Crippen LogP contribution in [0.2, 0.25) is 0 Å². The minimum Gasteiger partial charge on any atom is -0.451 e. The molecule has 1 amide bonds. The van der Waals surface area contributed by atoms with Crippen LogP contribution in [0.5, 0.6) is 0 Å². The first-order chi connectivity index (χ1) is 11.2. The summed E-state index contributed by atoms with van der Waals surface area (Å²) in [7, 11) is 0. The van der Waals surface area contributed by atoms with Crippen LogP contribution in [0.25, 0.3) is 17.1 Å². The number of furan rings is 1. The highest BCUT2D eigenvalue weighted by Gasteiger charge is 2.02. The van der Waals surface area contributed by atoms with Crippen LogP contribution in [0.4, 0.5) is 0 Å². The molecule has 0 bridgehead atoms. The van der Waals surface area contributed by atoms with Crippen molar-refractivity contribution in [1.29, 1.82) is 0 Å². The largest absolute Gasteiger partial charge is 0.451 e. The van der Waals surface area contributed by atoms with Crippen LogP contribution in [0.3, 0.4) is 0 Å². The predicted molar refractivity (Wildman–Crippen MR) is 97.9 cm³/mol. The van der Waals surface area contributed by atoms with Crippen molar-refractivity contribution in [1.82, 2.24) is 15.3 Å². The maximum Gasteiger partial charge on any atom is 0.244 e. The molecule has 23 heavy (non-hydrogen) atoms. The summed E-state index contributed by atoms with van der Waals surface area (Å²) in [5.74, 6) is 1.49. The zero-order valence-corrected chi connectivity index (χ0v) is 14.5. The van der Waals surface area contributed by atoms with Gasteiger partial charge in [0.15, 0.2) is 3.77 Å². The number of amides is 1. The summed E-state index contributed by atoms with van der Waals surface area (Å²) in [6.07, 6.45) is 4.78. The minimum absolute atomic E-state index is 0.124. The summed E-state index contributed by atoms with van der Waals surface area (Å²) >= 11 is 2.09. The number of rotatable bonds is 6. The number of nitrogens with zero attached hydrogens (tertiary/aromatic N) is 1. The number of hydrogen-bond donors (Lipinski definition) is 2. The first-order valence-corrected chi connectivity index (χ1v) is 8.43. The van der Waals surface area contributed by atoms with Gasteiger partial charge in [-0.05, 0) is 59.4 Å². The lowest BCUT2D eigenvalue weighted by Crippen LogP contribution is -2.22. The quantitative estimate of drug-likeness (QED) is 0.364. The highest BCUT2D eigenvalue weighted by Crippen LogP contribution is 2.12. The fourth-order valence-electron chi connectivity index (χ4n) is 2.23. The number of aryl methyl sites for hydroxylation is 1. The van der Waals surface area contributed by atoms with Gasteiger partial charge in [0, 0.05) is 19.0 Å². The van der Waals surface area contributed by atoms with E-state index in [0.717, 1.165) is 33.5 Å². The molecule has 1 aromatic carbocycles. The maximum absolute atomic E-state index is 11.7. The Kier molecular flexibility index (Phi) is 5.12. The van der Waals surface area contributed by atoms with Gasteiger partial charge in [0.25, 0.3) is 0 Å². The molecule has 0 spiro atoms. The molecule has 0 saturated heterocycles. The fraction of sp³-hybridized carbons (Fsp3) is 0.176. The SMILES string of the molecule is O=C(/C=C/c1ccc(I)o1)NCCCc1nc2ccccc2[nH]1. The molecule has 5 nitrogen and oxygen atoms in total. The van der Waals surface area contributed by atoms with Gasteiger partial charge in [0.05, 0.1) is 11.0 Å². The number of nitrogens with one attached hydrogen (secondary N) is 2. The van der Waals surface area contributed by atoms with E-state index >= 15 is 0 Å². The topological polar surface area (TPSA) is 70.9 Å². The maximum atomic E-state index is 11.7. The molecule has 0 aliphatic heterocycles. The van der Waals surface area contributed by atoms with E-state index < -0.39 is 0 Å². The van der Waals surface area contributed by atoms with Gasteiger partial charge in [-0.1, -0.05) is 12.1 Å². The van der Waals surface area contributed by atoms with Crippen molar-refractivity contribution in [2.24, 2.45) is 0 Å². The van der Waals surface area contributed by atoms with E-state index in [4.69, 9.17) is 4.42 Å². The van der Waals surface area contributed by atoms with Gasteiger partial charge in [-0.2, -0.15) is 0 Å². The number of carbonyl (C=O) groups excluding carboxylic acids is 1. The Morgan fingerprint density at radius 2 is 2.17 bits per heavy atom. The van der Waals surface area contributed by atoms with E-state index in [1.165, 1.54) is 6.08 Å². The van der Waals surface area contributed by atoms with Crippen LogP contribution >= 0.6 is 22.6 Å². The molecular formula is C17H16IN3O2. The molecule has 6 heteroatoms. The number of halogens is 1. The van der Waals surface area contributed by atoms with Gasteiger partial charge in [-0.15, -0.1) is 0 Å². The molecule has 2 N–H and O–H groups in total. The summed E-state index contributed by atoms with van der Waals surface area (Å²) in [4.78, 5) is 19.5. The lowest BCUT2D eigenvalue weighted by atomic mass is 10.3. The Labute approximate surface area is 147 Å². The third-order valence-electron chi connectivity index (χ3n) is 3.32. The van der Waals surface area contributed by atoms with Crippen molar-refractivity contribution in [3.8, 4) is 0 Å². The number of hydrogen-bond acceptors (Lipinski definition) is 3. The summed E-state index contributed by atoms with van der Waals surface area (Å²) in [5.41, 5.74) is 2.02. The monoisotopic (exact) mass is 421 g/mol. The first-order valence-electron chi connectivity index (χ1n) is 7.35. The second-order valence-electron chi connectivity index (χ2n) is 5.07. The molecular weight excluding hydrogens is 405 g/mol. The van der Waals surface area contributed by atoms with Gasteiger partial charge in [-0.3, -0.25) is 4.79 Å². The smallest absolute Gasteiger partial charge is 0.244 e. The number of aromatic nitrogens is 2. The predicted octanol–water partition coefficient (Wildman–Crippen LogP) is 3.52. The standard InChI is InChI=1S/C17H16IN3O2/c18-15-9-7-12(23-15)8-10-17(22)19-11-3-6-16-20-13-4-1-2-5-14(13)21-16/h1-2,4-5,7-10H,3,6,11H2,(H,19,22)(H,20,21)/b10-8+. The molecule has 0 atom stereocenters. The molecule has 0 unspecified atom stereocenters. The lowest BCUT2D eigenvalue weighted by Gasteiger charge is -2.00. The van der Waals surface area contributed by atoms with Crippen LogP contribution in [-0.4, -0.2) is 22.4 Å². The van der Waals surface area contributed by atoms with E-state index in [-0.39, 0.29) is 5.91 Å². The molecule has 118 valence electrons. The number of imidazole rings is 1. The number of carbonyl (C=O) groups is 1. The van der Waals surface area contributed by atoms with E-state index in [9.17, 15) is 4.79 Å². The third kappa shape index (κ3) is 4.44. The summed E-state index contributed by atoms with van der Waals surface area (Å²) < 4.78 is 6.15. The Balaban J connectivity index is 1.42. The lowest BCUT2D eigenvalue weighted by molar-refractivity contribution is -0.116. The van der Waals surface area contributed by atoms with Crippen LogP contribution in [-0.2, 0) is 11.2 Å². The molecule has 0 fully saturated rings. The van der Waals surface area contributed by atoms with E-state index in [0.29, 0.717) is 12.3 Å². The van der Waals surface area contributed by atoms with Crippen LogP contribution < -0.4 is 5.32 Å². The van der Waals surface area contributed by atoms with Crippen molar-refractivity contribution in [2.45, 2.75) is 12.8 Å². The molecule has 0 aliphatic carbocycles. The highest BCUT2D eigenvalue weighted by atomic mass is 127. The van der Waals surface area contributed by atoms with Gasteiger partial charge < -0.3 is 14.7 Å². The summed E-state index contributed by atoms with van der Waals surface area (Å²) in [6.45, 7) is 0.607. The minimum atomic E-state index is -0.124. The van der Waals surface area contributed by atoms with Crippen molar-refractivity contribution in [3.05, 3.63) is 57.8 Å². The zero-order chi connectivity index (χ0) is 16.1. The molecule has 3 rings (SSSR count). The molecule has 0 radical (unpaired) electrons. The van der Waals surface area contributed by atoms with Crippen molar-refractivity contribution >= 4 is 45.6 Å². The van der Waals surface area contributed by atoms with E-state index in [1.807, 2.05) is 36.4 Å². The Bertz CT molecular complexity index is 802. The van der Waals surface area contributed by atoms with Gasteiger partial charge in [-0.25, -0.2) is 4.98 Å². The molecule has 0 saturated carbocycles. The molecule has 2 aromatic heterocycles. The Hall–Kier alpha value is -2.09. The normalized spacial score (nSPS) is 11.3. The fourth-order valence-corrected chi connectivity index (χ4v) is 2.66. The highest BCUT2D eigenvalue weighted by molar-refractivity contribution is 14.1. The number of H-pyrrole nitrogens is 1. The number of para-hydroxylation sites is 2.